The third kappa shape index (κ3) is 4.82. The van der Waals surface area contributed by atoms with Crippen molar-refractivity contribution in [1.29, 1.82) is 0 Å². The fourth-order valence-electron chi connectivity index (χ4n) is 2.28. The summed E-state index contributed by atoms with van der Waals surface area (Å²) in [4.78, 5) is 11.2. The van der Waals surface area contributed by atoms with Crippen LogP contribution in [-0.2, 0) is 14.8 Å². The molecule has 0 aliphatic carbocycles. The molecule has 0 aromatic heterocycles. The Balaban J connectivity index is 2.17. The standard InChI is InChI=1S/C13H14ClF3N2O3S/c14-9-1-3-11(4-2-9)23(21,22)19-10-5-8(13(15,16)17)6-12(20)18-7-10/h1-4,8,10,19H,5-7H2,(H,18,20). The van der Waals surface area contributed by atoms with Crippen molar-refractivity contribution in [3.05, 3.63) is 29.3 Å². The van der Waals surface area contributed by atoms with Gasteiger partial charge in [-0.3, -0.25) is 4.79 Å². The zero-order chi connectivity index (χ0) is 17.3. The lowest BCUT2D eigenvalue weighted by atomic mass is 9.98. The topological polar surface area (TPSA) is 75.3 Å². The predicted octanol–water partition coefficient (Wildman–Crippen LogP) is 2.08. The van der Waals surface area contributed by atoms with Crippen LogP contribution in [0, 0.1) is 5.92 Å². The maximum absolute atomic E-state index is 12.9. The number of amides is 1. The van der Waals surface area contributed by atoms with E-state index in [1.54, 1.807) is 0 Å². The van der Waals surface area contributed by atoms with Crippen molar-refractivity contribution < 1.29 is 26.4 Å². The monoisotopic (exact) mass is 370 g/mol. The van der Waals surface area contributed by atoms with Crippen LogP contribution in [0.2, 0.25) is 5.02 Å². The van der Waals surface area contributed by atoms with Gasteiger partial charge in [0.15, 0.2) is 0 Å². The minimum Gasteiger partial charge on any atom is -0.354 e. The molecule has 1 heterocycles. The third-order valence-corrected chi connectivity index (χ3v) is 5.24. The number of benzene rings is 1. The number of hydrogen-bond donors (Lipinski definition) is 2. The Kier molecular flexibility index (Phi) is 5.22. The van der Waals surface area contributed by atoms with Gasteiger partial charge in [-0.05, 0) is 30.7 Å². The lowest BCUT2D eigenvalue weighted by Gasteiger charge is -2.22. The van der Waals surface area contributed by atoms with Crippen LogP contribution in [0.25, 0.3) is 0 Å². The molecular weight excluding hydrogens is 357 g/mol. The molecule has 1 aliphatic rings. The van der Waals surface area contributed by atoms with Crippen molar-refractivity contribution in [2.75, 3.05) is 6.54 Å². The van der Waals surface area contributed by atoms with E-state index in [4.69, 9.17) is 11.6 Å². The van der Waals surface area contributed by atoms with Crippen LogP contribution in [0.15, 0.2) is 29.2 Å². The highest BCUT2D eigenvalue weighted by molar-refractivity contribution is 7.89. The Morgan fingerprint density at radius 2 is 1.83 bits per heavy atom. The summed E-state index contributed by atoms with van der Waals surface area (Å²) in [5.41, 5.74) is 0. The summed E-state index contributed by atoms with van der Waals surface area (Å²) >= 11 is 5.67. The molecule has 1 fully saturated rings. The maximum Gasteiger partial charge on any atom is 0.392 e. The van der Waals surface area contributed by atoms with E-state index in [2.05, 4.69) is 10.0 Å². The predicted molar refractivity (Wildman–Crippen MR) is 77.4 cm³/mol. The minimum absolute atomic E-state index is 0.110. The summed E-state index contributed by atoms with van der Waals surface area (Å²) in [7, 11) is -4.01. The Bertz CT molecular complexity index is 677. The average molecular weight is 371 g/mol. The molecule has 2 atom stereocenters. The fourth-order valence-corrected chi connectivity index (χ4v) is 3.66. The van der Waals surface area contributed by atoms with E-state index >= 15 is 0 Å². The lowest BCUT2D eigenvalue weighted by molar-refractivity contribution is -0.180. The van der Waals surface area contributed by atoms with E-state index < -0.39 is 46.9 Å². The van der Waals surface area contributed by atoms with Crippen LogP contribution < -0.4 is 10.0 Å². The van der Waals surface area contributed by atoms with Gasteiger partial charge >= 0.3 is 6.18 Å². The van der Waals surface area contributed by atoms with Gasteiger partial charge in [0.25, 0.3) is 0 Å². The highest BCUT2D eigenvalue weighted by Gasteiger charge is 2.43. The summed E-state index contributed by atoms with van der Waals surface area (Å²) in [5, 5.41) is 2.63. The minimum atomic E-state index is -4.56. The number of sulfonamides is 1. The second-order valence-electron chi connectivity index (χ2n) is 5.25. The highest BCUT2D eigenvalue weighted by Crippen LogP contribution is 2.33. The van der Waals surface area contributed by atoms with Gasteiger partial charge in [-0.1, -0.05) is 11.6 Å². The first kappa shape index (κ1) is 18.0. The molecule has 0 saturated carbocycles. The highest BCUT2D eigenvalue weighted by atomic mass is 35.5. The second kappa shape index (κ2) is 6.66. The van der Waals surface area contributed by atoms with Crippen LogP contribution in [0.3, 0.4) is 0 Å². The molecule has 2 unspecified atom stereocenters. The summed E-state index contributed by atoms with van der Waals surface area (Å²) in [6.45, 7) is -0.196. The second-order valence-corrected chi connectivity index (χ2v) is 7.40. The number of alkyl halides is 3. The van der Waals surface area contributed by atoms with Crippen molar-refractivity contribution in [2.24, 2.45) is 5.92 Å². The molecule has 1 aromatic rings. The van der Waals surface area contributed by atoms with Gasteiger partial charge in [-0.15, -0.1) is 0 Å². The van der Waals surface area contributed by atoms with E-state index in [1.165, 1.54) is 24.3 Å². The first-order valence-electron chi connectivity index (χ1n) is 6.69. The molecule has 1 aliphatic heterocycles. The Morgan fingerprint density at radius 3 is 2.39 bits per heavy atom. The fraction of sp³-hybridized carbons (Fsp3) is 0.462. The Hall–Kier alpha value is -1.32. The molecule has 1 saturated heterocycles. The van der Waals surface area contributed by atoms with Gasteiger partial charge in [0.05, 0.1) is 10.8 Å². The molecule has 5 nitrogen and oxygen atoms in total. The average Bonchev–Trinajstić information content (AvgIpc) is 2.61. The van der Waals surface area contributed by atoms with E-state index in [-0.39, 0.29) is 11.4 Å². The number of carbonyl (C=O) groups excluding carboxylic acids is 1. The number of nitrogens with one attached hydrogen (secondary N) is 2. The quantitative estimate of drug-likeness (QED) is 0.855. The first-order valence-corrected chi connectivity index (χ1v) is 8.55. The molecule has 23 heavy (non-hydrogen) atoms. The van der Waals surface area contributed by atoms with Gasteiger partial charge in [-0.25, -0.2) is 13.1 Å². The molecule has 2 rings (SSSR count). The number of rotatable bonds is 3. The van der Waals surface area contributed by atoms with E-state index in [0.29, 0.717) is 5.02 Å². The van der Waals surface area contributed by atoms with Gasteiger partial charge < -0.3 is 5.32 Å². The zero-order valence-corrected chi connectivity index (χ0v) is 13.3. The summed E-state index contributed by atoms with van der Waals surface area (Å²) in [5.74, 6) is -2.64. The smallest absolute Gasteiger partial charge is 0.354 e. The third-order valence-electron chi connectivity index (χ3n) is 3.46. The van der Waals surface area contributed by atoms with E-state index in [0.717, 1.165) is 0 Å². The molecular formula is C13H14ClF3N2O3S. The van der Waals surface area contributed by atoms with E-state index in [9.17, 15) is 26.4 Å². The van der Waals surface area contributed by atoms with Crippen molar-refractivity contribution >= 4 is 27.5 Å². The Labute approximate surface area is 136 Å². The molecule has 0 bridgehead atoms. The molecule has 10 heteroatoms. The SMILES string of the molecule is O=C1CC(C(F)(F)F)CC(NS(=O)(=O)c2ccc(Cl)cc2)CN1. The largest absolute Gasteiger partial charge is 0.392 e. The van der Waals surface area contributed by atoms with Crippen molar-refractivity contribution in [3.63, 3.8) is 0 Å². The molecule has 0 spiro atoms. The summed E-state index contributed by atoms with van der Waals surface area (Å²) < 4.78 is 65.3. The summed E-state index contributed by atoms with van der Waals surface area (Å²) in [6.07, 6.45) is -5.77. The molecule has 1 amide bonds. The molecule has 0 radical (unpaired) electrons. The maximum atomic E-state index is 12.9. The Morgan fingerprint density at radius 1 is 1.22 bits per heavy atom. The molecule has 1 aromatic carbocycles. The van der Waals surface area contributed by atoms with Crippen LogP contribution >= 0.6 is 11.6 Å². The van der Waals surface area contributed by atoms with Gasteiger partial charge in [0.1, 0.15) is 0 Å². The zero-order valence-electron chi connectivity index (χ0n) is 11.7. The van der Waals surface area contributed by atoms with Crippen LogP contribution in [-0.4, -0.2) is 33.1 Å². The summed E-state index contributed by atoms with van der Waals surface area (Å²) in [6, 6.07) is 4.18. The molecule has 128 valence electrons. The number of hydrogen-bond acceptors (Lipinski definition) is 3. The van der Waals surface area contributed by atoms with Gasteiger partial charge in [-0.2, -0.15) is 13.2 Å². The van der Waals surface area contributed by atoms with E-state index in [1.807, 2.05) is 0 Å². The number of carbonyl (C=O) groups is 1. The van der Waals surface area contributed by atoms with Gasteiger partial charge in [0.2, 0.25) is 15.9 Å². The van der Waals surface area contributed by atoms with Crippen LogP contribution in [0.5, 0.6) is 0 Å². The van der Waals surface area contributed by atoms with Crippen molar-refractivity contribution in [1.82, 2.24) is 10.0 Å². The number of halogens is 4. The first-order chi connectivity index (χ1) is 10.6. The van der Waals surface area contributed by atoms with Crippen LogP contribution in [0.1, 0.15) is 12.8 Å². The van der Waals surface area contributed by atoms with Crippen molar-refractivity contribution in [3.8, 4) is 0 Å². The normalized spacial score (nSPS) is 23.2. The lowest BCUT2D eigenvalue weighted by Crippen LogP contribution is -2.42. The van der Waals surface area contributed by atoms with Gasteiger partial charge in [0, 0.05) is 24.0 Å². The van der Waals surface area contributed by atoms with Crippen molar-refractivity contribution in [2.45, 2.75) is 30.0 Å². The van der Waals surface area contributed by atoms with Crippen LogP contribution in [0.4, 0.5) is 13.2 Å². The molecule has 2 N–H and O–H groups in total.